The summed E-state index contributed by atoms with van der Waals surface area (Å²) in [4.78, 5) is 22.0. The predicted octanol–water partition coefficient (Wildman–Crippen LogP) is 7.37. The molecule has 31 heavy (non-hydrogen) atoms. The molecule has 1 amide bonds. The molecule has 4 nitrogen and oxygen atoms in total. The van der Waals surface area contributed by atoms with Crippen molar-refractivity contribution < 1.29 is 9.21 Å². The van der Waals surface area contributed by atoms with Crippen LogP contribution in [-0.4, -0.2) is 22.9 Å². The highest BCUT2D eigenvalue weighted by Crippen LogP contribution is 2.33. The summed E-state index contributed by atoms with van der Waals surface area (Å²) in [7, 11) is 0. The number of benzene rings is 2. The fourth-order valence-electron chi connectivity index (χ4n) is 3.04. The lowest BCUT2D eigenvalue weighted by Crippen LogP contribution is -2.30. The lowest BCUT2D eigenvalue weighted by Gasteiger charge is -2.18. The number of amides is 1. The molecule has 0 spiro atoms. The zero-order chi connectivity index (χ0) is 21.6. The lowest BCUT2D eigenvalue weighted by molar-refractivity contribution is -0.118. The highest BCUT2D eigenvalue weighted by molar-refractivity contribution is 7.99. The zero-order valence-electron chi connectivity index (χ0n) is 16.9. The van der Waals surface area contributed by atoms with Crippen LogP contribution in [0.4, 0.5) is 5.13 Å². The fourth-order valence-corrected chi connectivity index (χ4v) is 5.55. The van der Waals surface area contributed by atoms with Crippen LogP contribution in [0.5, 0.6) is 0 Å². The van der Waals surface area contributed by atoms with E-state index in [2.05, 4.69) is 18.4 Å². The first kappa shape index (κ1) is 22.3. The van der Waals surface area contributed by atoms with E-state index in [1.807, 2.05) is 42.5 Å². The van der Waals surface area contributed by atoms with Crippen LogP contribution in [0.25, 0.3) is 10.2 Å². The van der Waals surface area contributed by atoms with E-state index in [0.29, 0.717) is 18.1 Å². The Labute approximate surface area is 199 Å². The average molecular weight is 489 g/mol. The molecule has 2 heterocycles. The van der Waals surface area contributed by atoms with Gasteiger partial charge < -0.3 is 4.42 Å². The number of carbonyl (C=O) groups is 1. The topological polar surface area (TPSA) is 46.3 Å². The first-order valence-electron chi connectivity index (χ1n) is 9.78. The van der Waals surface area contributed by atoms with Gasteiger partial charge in [-0.05, 0) is 73.0 Å². The maximum atomic E-state index is 13.1. The van der Waals surface area contributed by atoms with Gasteiger partial charge in [0.25, 0.3) is 0 Å². The van der Waals surface area contributed by atoms with Gasteiger partial charge >= 0.3 is 0 Å². The van der Waals surface area contributed by atoms with Gasteiger partial charge in [0, 0.05) is 21.2 Å². The maximum absolute atomic E-state index is 13.1. The van der Waals surface area contributed by atoms with Gasteiger partial charge in [-0.25, -0.2) is 4.98 Å². The number of rotatable bonds is 9. The normalized spacial score (nSPS) is 11.2. The summed E-state index contributed by atoms with van der Waals surface area (Å²) in [6.45, 7) is 0.380. The maximum Gasteiger partial charge on any atom is 0.229 e. The van der Waals surface area contributed by atoms with Crippen LogP contribution in [0, 0.1) is 0 Å². The van der Waals surface area contributed by atoms with E-state index < -0.39 is 0 Å². The Bertz CT molecular complexity index is 1140. The standard InChI is InChI=1S/C23H21ClN2O2S3/c1-29-19-10-11-20-21(14-19)31-23(25-20)26(15-17-4-2-12-28-17)22(27)5-3-13-30-18-8-6-16(24)7-9-18/h2,4,6-12,14H,3,5,13,15H2,1H3. The molecular weight excluding hydrogens is 468 g/mol. The van der Waals surface area contributed by atoms with Crippen molar-refractivity contribution in [3.63, 3.8) is 0 Å². The lowest BCUT2D eigenvalue weighted by atomic mass is 10.3. The largest absolute Gasteiger partial charge is 0.467 e. The van der Waals surface area contributed by atoms with Crippen LogP contribution in [0.15, 0.2) is 75.1 Å². The number of furan rings is 1. The van der Waals surface area contributed by atoms with Gasteiger partial charge in [-0.3, -0.25) is 9.69 Å². The van der Waals surface area contributed by atoms with E-state index in [1.54, 1.807) is 46.0 Å². The van der Waals surface area contributed by atoms with Crippen molar-refractivity contribution in [1.29, 1.82) is 0 Å². The molecule has 8 heteroatoms. The first-order chi connectivity index (χ1) is 15.1. The van der Waals surface area contributed by atoms with Crippen LogP contribution < -0.4 is 4.90 Å². The first-order valence-corrected chi connectivity index (χ1v) is 13.2. The molecule has 0 radical (unpaired) electrons. The van der Waals surface area contributed by atoms with Crippen molar-refractivity contribution in [3.05, 3.63) is 71.6 Å². The van der Waals surface area contributed by atoms with Gasteiger partial charge in [-0.2, -0.15) is 0 Å². The second-order valence-electron chi connectivity index (χ2n) is 6.80. The third-order valence-corrected chi connectivity index (χ3v) is 7.74. The number of nitrogens with zero attached hydrogens (tertiary/aromatic N) is 2. The Morgan fingerprint density at radius 1 is 1.16 bits per heavy atom. The van der Waals surface area contributed by atoms with E-state index in [0.717, 1.165) is 38.1 Å². The number of thioether (sulfide) groups is 2. The Morgan fingerprint density at radius 3 is 2.71 bits per heavy atom. The predicted molar refractivity (Wildman–Crippen MR) is 133 cm³/mol. The summed E-state index contributed by atoms with van der Waals surface area (Å²) < 4.78 is 6.58. The van der Waals surface area contributed by atoms with E-state index in [-0.39, 0.29) is 5.91 Å². The molecule has 0 saturated carbocycles. The van der Waals surface area contributed by atoms with Crippen LogP contribution in [0.3, 0.4) is 0 Å². The summed E-state index contributed by atoms with van der Waals surface area (Å²) in [5.74, 6) is 1.66. The minimum absolute atomic E-state index is 0.0530. The molecule has 0 fully saturated rings. The number of aromatic nitrogens is 1. The quantitative estimate of drug-likeness (QED) is 0.182. The number of halogens is 1. The van der Waals surface area contributed by atoms with E-state index in [9.17, 15) is 4.79 Å². The number of hydrogen-bond donors (Lipinski definition) is 0. The van der Waals surface area contributed by atoms with Crippen molar-refractivity contribution in [1.82, 2.24) is 4.98 Å². The molecule has 2 aromatic carbocycles. The van der Waals surface area contributed by atoms with E-state index >= 15 is 0 Å². The SMILES string of the molecule is CSc1ccc2nc(N(Cc3ccco3)C(=O)CCCSc3ccc(Cl)cc3)sc2c1. The molecule has 0 bridgehead atoms. The Balaban J connectivity index is 1.45. The van der Waals surface area contributed by atoms with Gasteiger partial charge in [0.15, 0.2) is 5.13 Å². The highest BCUT2D eigenvalue weighted by Gasteiger charge is 2.21. The monoisotopic (exact) mass is 488 g/mol. The summed E-state index contributed by atoms with van der Waals surface area (Å²) in [6.07, 6.45) is 4.91. The van der Waals surface area contributed by atoms with Gasteiger partial charge in [0.2, 0.25) is 5.91 Å². The Hall–Kier alpha value is -1.93. The molecule has 0 aliphatic rings. The number of carbonyl (C=O) groups excluding carboxylic acids is 1. The van der Waals surface area contributed by atoms with Crippen molar-refractivity contribution in [3.8, 4) is 0 Å². The van der Waals surface area contributed by atoms with Crippen LogP contribution in [0.2, 0.25) is 5.02 Å². The minimum Gasteiger partial charge on any atom is -0.467 e. The molecule has 0 aliphatic carbocycles. The van der Waals surface area contributed by atoms with Gasteiger partial charge in [-0.15, -0.1) is 23.5 Å². The molecule has 0 N–H and O–H groups in total. The molecule has 160 valence electrons. The molecule has 0 aliphatic heterocycles. The highest BCUT2D eigenvalue weighted by atomic mass is 35.5. The summed E-state index contributed by atoms with van der Waals surface area (Å²) in [5.41, 5.74) is 0.910. The third kappa shape index (κ3) is 5.86. The number of anilines is 1. The molecule has 2 aromatic heterocycles. The van der Waals surface area contributed by atoms with Gasteiger partial charge in [-0.1, -0.05) is 22.9 Å². The van der Waals surface area contributed by atoms with Crippen molar-refractivity contribution in [2.75, 3.05) is 16.9 Å². The summed E-state index contributed by atoms with van der Waals surface area (Å²) >= 11 is 10.9. The van der Waals surface area contributed by atoms with E-state index in [1.165, 1.54) is 4.90 Å². The fraction of sp³-hybridized carbons (Fsp3) is 0.217. The van der Waals surface area contributed by atoms with Crippen molar-refractivity contribution in [2.24, 2.45) is 0 Å². The molecule has 0 saturated heterocycles. The number of thiazole rings is 1. The van der Waals surface area contributed by atoms with Crippen LogP contribution in [-0.2, 0) is 11.3 Å². The Kier molecular flexibility index (Phi) is 7.61. The summed E-state index contributed by atoms with van der Waals surface area (Å²) in [6, 6.07) is 17.7. The average Bonchev–Trinajstić information content (AvgIpc) is 3.45. The number of fused-ring (bicyclic) bond motifs is 1. The van der Waals surface area contributed by atoms with Gasteiger partial charge in [0.1, 0.15) is 5.76 Å². The smallest absolute Gasteiger partial charge is 0.229 e. The second kappa shape index (κ2) is 10.6. The molecule has 0 atom stereocenters. The summed E-state index contributed by atoms with van der Waals surface area (Å²) in [5, 5.41) is 1.44. The van der Waals surface area contributed by atoms with Gasteiger partial charge in [0.05, 0.1) is 23.0 Å². The van der Waals surface area contributed by atoms with Crippen molar-refractivity contribution in [2.45, 2.75) is 29.2 Å². The van der Waals surface area contributed by atoms with Crippen molar-refractivity contribution >= 4 is 67.7 Å². The third-order valence-electron chi connectivity index (χ3n) is 4.63. The minimum atomic E-state index is 0.0530. The number of hydrogen-bond acceptors (Lipinski definition) is 6. The molecular formula is C23H21ClN2O2S3. The Morgan fingerprint density at radius 2 is 1.97 bits per heavy atom. The molecule has 4 aromatic rings. The molecule has 4 rings (SSSR count). The molecule has 0 unspecified atom stereocenters. The van der Waals surface area contributed by atoms with E-state index in [4.69, 9.17) is 21.0 Å². The zero-order valence-corrected chi connectivity index (χ0v) is 20.1. The van der Waals surface area contributed by atoms with Crippen LogP contribution >= 0.6 is 46.5 Å². The van der Waals surface area contributed by atoms with Crippen LogP contribution in [0.1, 0.15) is 18.6 Å². The second-order valence-corrected chi connectivity index (χ2v) is 10.3.